The first-order valence-corrected chi connectivity index (χ1v) is 8.54. The van der Waals surface area contributed by atoms with Gasteiger partial charge >= 0.3 is 0 Å². The minimum absolute atomic E-state index is 1.11. The first-order chi connectivity index (χ1) is 12.2. The van der Waals surface area contributed by atoms with Crippen LogP contribution in [0, 0.1) is 6.92 Å². The van der Waals surface area contributed by atoms with Crippen LogP contribution in [0.3, 0.4) is 0 Å². The van der Waals surface area contributed by atoms with Crippen LogP contribution < -0.4 is 4.90 Å². The average molecular weight is 325 g/mol. The van der Waals surface area contributed by atoms with Crippen molar-refractivity contribution in [2.75, 3.05) is 4.90 Å². The van der Waals surface area contributed by atoms with E-state index in [0.29, 0.717) is 0 Å². The molecule has 3 aromatic carbocycles. The normalized spacial score (nSPS) is 11.8. The Bertz CT molecular complexity index is 924. The molecule has 0 heterocycles. The van der Waals surface area contributed by atoms with Crippen LogP contribution in [0.2, 0.25) is 0 Å². The van der Waals surface area contributed by atoms with E-state index in [1.165, 1.54) is 22.0 Å². The fraction of sp³-hybridized carbons (Fsp3) is 0.0833. The lowest BCUT2D eigenvalue weighted by molar-refractivity contribution is 1.21. The fourth-order valence-electron chi connectivity index (χ4n) is 2.99. The minimum Gasteiger partial charge on any atom is -0.310 e. The molecule has 0 atom stereocenters. The number of fused-ring (bicyclic) bond motifs is 1. The molecular weight excluding hydrogens is 302 g/mol. The predicted octanol–water partition coefficient (Wildman–Crippen LogP) is 6.93. The predicted molar refractivity (Wildman–Crippen MR) is 110 cm³/mol. The molecule has 3 rings (SSSR count). The molecule has 0 unspecified atom stereocenters. The van der Waals surface area contributed by atoms with Gasteiger partial charge in [-0.25, -0.2) is 0 Å². The SMILES string of the molecule is C=C/C=C\C(=C/C)N(c1ccc(C)cc1)c1cccc2ccccc12. The standard InChI is InChI=1S/C24H23N/c1-4-6-12-21(5-2)25(22-17-15-19(3)16-18-22)24-14-9-11-20-10-7-8-13-23(20)24/h4-18H,1H2,2-3H3/b12-6-,21-5+. The molecule has 0 radical (unpaired) electrons. The number of rotatable bonds is 5. The van der Waals surface area contributed by atoms with Crippen LogP contribution in [0.4, 0.5) is 11.4 Å². The summed E-state index contributed by atoms with van der Waals surface area (Å²) in [6.07, 6.45) is 8.00. The molecule has 0 aliphatic carbocycles. The maximum absolute atomic E-state index is 3.80. The highest BCUT2D eigenvalue weighted by atomic mass is 15.1. The van der Waals surface area contributed by atoms with Crippen molar-refractivity contribution in [1.29, 1.82) is 0 Å². The Kier molecular flexibility index (Phi) is 5.15. The number of nitrogens with zero attached hydrogens (tertiary/aromatic N) is 1. The van der Waals surface area contributed by atoms with Crippen molar-refractivity contribution in [3.05, 3.63) is 109 Å². The van der Waals surface area contributed by atoms with Crippen LogP contribution in [0.25, 0.3) is 10.8 Å². The summed E-state index contributed by atoms with van der Waals surface area (Å²) in [5, 5.41) is 2.47. The summed E-state index contributed by atoms with van der Waals surface area (Å²) < 4.78 is 0. The summed E-state index contributed by atoms with van der Waals surface area (Å²) in [6, 6.07) is 23.6. The van der Waals surface area contributed by atoms with Gasteiger partial charge in [0.15, 0.2) is 0 Å². The number of benzene rings is 3. The average Bonchev–Trinajstić information content (AvgIpc) is 2.66. The van der Waals surface area contributed by atoms with E-state index in [4.69, 9.17) is 0 Å². The van der Waals surface area contributed by atoms with Crippen LogP contribution in [-0.4, -0.2) is 0 Å². The van der Waals surface area contributed by atoms with Crippen LogP contribution in [-0.2, 0) is 0 Å². The second kappa shape index (κ2) is 7.67. The third-order valence-electron chi connectivity index (χ3n) is 4.26. The Morgan fingerprint density at radius 2 is 1.64 bits per heavy atom. The number of allylic oxidation sites excluding steroid dienone is 4. The Balaban J connectivity index is 2.24. The van der Waals surface area contributed by atoms with Gasteiger partial charge in [-0.3, -0.25) is 0 Å². The van der Waals surface area contributed by atoms with Gasteiger partial charge in [0.05, 0.1) is 5.69 Å². The monoisotopic (exact) mass is 325 g/mol. The quantitative estimate of drug-likeness (QED) is 0.460. The topological polar surface area (TPSA) is 3.24 Å². The zero-order chi connectivity index (χ0) is 17.6. The molecule has 1 heteroatoms. The van der Waals surface area contributed by atoms with Crippen molar-refractivity contribution in [3.63, 3.8) is 0 Å². The zero-order valence-corrected chi connectivity index (χ0v) is 14.8. The van der Waals surface area contributed by atoms with Gasteiger partial charge in [-0.05, 0) is 43.5 Å². The van der Waals surface area contributed by atoms with Crippen LogP contribution >= 0.6 is 0 Å². The molecule has 124 valence electrons. The van der Waals surface area contributed by atoms with Gasteiger partial charge < -0.3 is 4.90 Å². The molecule has 0 aromatic heterocycles. The van der Waals surface area contributed by atoms with Gasteiger partial charge in [-0.1, -0.05) is 78.9 Å². The van der Waals surface area contributed by atoms with Crippen LogP contribution in [0.1, 0.15) is 12.5 Å². The summed E-state index contributed by atoms with van der Waals surface area (Å²) in [4.78, 5) is 2.29. The number of hydrogen-bond donors (Lipinski definition) is 0. The summed E-state index contributed by atoms with van der Waals surface area (Å²) in [5.74, 6) is 0. The third kappa shape index (κ3) is 3.56. The summed E-state index contributed by atoms with van der Waals surface area (Å²) in [7, 11) is 0. The van der Waals surface area contributed by atoms with Crippen molar-refractivity contribution >= 4 is 22.1 Å². The molecule has 0 fully saturated rings. The van der Waals surface area contributed by atoms with Gasteiger partial charge in [-0.2, -0.15) is 0 Å². The fourth-order valence-corrected chi connectivity index (χ4v) is 2.99. The lowest BCUT2D eigenvalue weighted by Crippen LogP contribution is -2.15. The molecule has 0 bridgehead atoms. The van der Waals surface area contributed by atoms with Gasteiger partial charge in [0, 0.05) is 16.8 Å². The van der Waals surface area contributed by atoms with Crippen molar-refractivity contribution in [1.82, 2.24) is 0 Å². The third-order valence-corrected chi connectivity index (χ3v) is 4.26. The first-order valence-electron chi connectivity index (χ1n) is 8.54. The zero-order valence-electron chi connectivity index (χ0n) is 14.8. The van der Waals surface area contributed by atoms with Crippen molar-refractivity contribution in [2.24, 2.45) is 0 Å². The molecule has 0 spiro atoms. The van der Waals surface area contributed by atoms with E-state index in [1.54, 1.807) is 6.08 Å². The van der Waals surface area contributed by atoms with Gasteiger partial charge in [-0.15, -0.1) is 0 Å². The number of aryl methyl sites for hydroxylation is 1. The molecule has 0 saturated carbocycles. The highest BCUT2D eigenvalue weighted by Gasteiger charge is 2.14. The van der Waals surface area contributed by atoms with Crippen molar-refractivity contribution in [2.45, 2.75) is 13.8 Å². The molecule has 0 aliphatic rings. The maximum atomic E-state index is 3.80. The number of anilines is 2. The summed E-state index contributed by atoms with van der Waals surface area (Å²) in [5.41, 5.74) is 4.68. The molecule has 1 nitrogen and oxygen atoms in total. The molecule has 0 N–H and O–H groups in total. The largest absolute Gasteiger partial charge is 0.310 e. The van der Waals surface area contributed by atoms with E-state index in [2.05, 4.69) is 104 Å². The summed E-state index contributed by atoms with van der Waals surface area (Å²) >= 11 is 0. The molecule has 0 aliphatic heterocycles. The van der Waals surface area contributed by atoms with Crippen LogP contribution in [0.15, 0.2) is 103 Å². The van der Waals surface area contributed by atoms with E-state index in [-0.39, 0.29) is 0 Å². The second-order valence-corrected chi connectivity index (χ2v) is 5.98. The van der Waals surface area contributed by atoms with Crippen molar-refractivity contribution in [3.8, 4) is 0 Å². The van der Waals surface area contributed by atoms with E-state index >= 15 is 0 Å². The Morgan fingerprint density at radius 1 is 0.920 bits per heavy atom. The molecule has 3 aromatic rings. The Hall–Kier alpha value is -3.06. The summed E-state index contributed by atoms with van der Waals surface area (Å²) in [6.45, 7) is 7.98. The lowest BCUT2D eigenvalue weighted by Gasteiger charge is -2.27. The van der Waals surface area contributed by atoms with E-state index in [9.17, 15) is 0 Å². The van der Waals surface area contributed by atoms with E-state index < -0.39 is 0 Å². The van der Waals surface area contributed by atoms with Crippen molar-refractivity contribution < 1.29 is 0 Å². The van der Waals surface area contributed by atoms with E-state index in [0.717, 1.165) is 11.4 Å². The van der Waals surface area contributed by atoms with E-state index in [1.807, 2.05) is 6.08 Å². The van der Waals surface area contributed by atoms with Gasteiger partial charge in [0.1, 0.15) is 0 Å². The Labute approximate surface area is 150 Å². The molecule has 0 amide bonds. The smallest absolute Gasteiger partial charge is 0.0539 e. The van der Waals surface area contributed by atoms with Crippen LogP contribution in [0.5, 0.6) is 0 Å². The van der Waals surface area contributed by atoms with Gasteiger partial charge in [0.2, 0.25) is 0 Å². The lowest BCUT2D eigenvalue weighted by atomic mass is 10.1. The highest BCUT2D eigenvalue weighted by molar-refractivity contribution is 5.97. The molecular formula is C24H23N. The Morgan fingerprint density at radius 3 is 2.36 bits per heavy atom. The maximum Gasteiger partial charge on any atom is 0.0539 e. The molecule has 25 heavy (non-hydrogen) atoms. The minimum atomic E-state index is 1.11. The highest BCUT2D eigenvalue weighted by Crippen LogP contribution is 2.35. The second-order valence-electron chi connectivity index (χ2n) is 5.98. The molecule has 0 saturated heterocycles. The first kappa shape index (κ1) is 16.8. The van der Waals surface area contributed by atoms with Gasteiger partial charge in [0.25, 0.3) is 0 Å². The number of hydrogen-bond acceptors (Lipinski definition) is 1.